The lowest BCUT2D eigenvalue weighted by Gasteiger charge is -2.35. The zero-order chi connectivity index (χ0) is 10.7. The lowest BCUT2D eigenvalue weighted by atomic mass is 9.80. The van der Waals surface area contributed by atoms with Crippen molar-refractivity contribution >= 4 is 5.91 Å². The monoisotopic (exact) mass is 199 g/mol. The molecule has 1 saturated carbocycles. The van der Waals surface area contributed by atoms with Gasteiger partial charge in [0.25, 0.3) is 0 Å². The van der Waals surface area contributed by atoms with Crippen LogP contribution in [0.15, 0.2) is 0 Å². The van der Waals surface area contributed by atoms with Gasteiger partial charge < -0.3 is 10.6 Å². The van der Waals surface area contributed by atoms with Gasteiger partial charge in [-0.15, -0.1) is 0 Å². The smallest absolute Gasteiger partial charge is 0.236 e. The van der Waals surface area contributed by atoms with E-state index in [0.29, 0.717) is 18.5 Å². The standard InChI is InChI=1S/C10H21N3O/c1-12(2)10(14)7-13(3)6-8-4-9(11)5-8/h8-9H,4-7,11H2,1-3H3. The molecule has 0 heterocycles. The second kappa shape index (κ2) is 4.75. The molecule has 1 fully saturated rings. The SMILES string of the molecule is CN(CC(=O)N(C)C)CC1CC(N)C1. The number of carbonyl (C=O) groups is 1. The summed E-state index contributed by atoms with van der Waals surface area (Å²) in [6.45, 7) is 1.51. The van der Waals surface area contributed by atoms with E-state index >= 15 is 0 Å². The van der Waals surface area contributed by atoms with Gasteiger partial charge in [-0.3, -0.25) is 9.69 Å². The van der Waals surface area contributed by atoms with Gasteiger partial charge in [0.05, 0.1) is 6.54 Å². The molecule has 0 saturated heterocycles. The van der Waals surface area contributed by atoms with Crippen molar-refractivity contribution in [3.8, 4) is 0 Å². The zero-order valence-corrected chi connectivity index (χ0v) is 9.36. The fourth-order valence-electron chi connectivity index (χ4n) is 1.81. The van der Waals surface area contributed by atoms with E-state index in [4.69, 9.17) is 5.73 Å². The molecule has 2 N–H and O–H groups in total. The molecule has 4 nitrogen and oxygen atoms in total. The first kappa shape index (κ1) is 11.5. The largest absolute Gasteiger partial charge is 0.348 e. The predicted octanol–water partition coefficient (Wildman–Crippen LogP) is -0.256. The van der Waals surface area contributed by atoms with Crippen molar-refractivity contribution in [2.45, 2.75) is 18.9 Å². The van der Waals surface area contributed by atoms with E-state index in [1.807, 2.05) is 7.05 Å². The van der Waals surface area contributed by atoms with Crippen molar-refractivity contribution in [2.24, 2.45) is 11.7 Å². The summed E-state index contributed by atoms with van der Waals surface area (Å²) >= 11 is 0. The Labute approximate surface area is 86.0 Å². The molecule has 0 aliphatic heterocycles. The van der Waals surface area contributed by atoms with Crippen LogP contribution in [0.2, 0.25) is 0 Å². The highest BCUT2D eigenvalue weighted by Crippen LogP contribution is 2.25. The molecule has 0 unspecified atom stereocenters. The molecular weight excluding hydrogens is 178 g/mol. The normalized spacial score (nSPS) is 26.1. The number of hydrogen-bond acceptors (Lipinski definition) is 3. The predicted molar refractivity (Wildman–Crippen MR) is 56.9 cm³/mol. The average molecular weight is 199 g/mol. The van der Waals surface area contributed by atoms with Crippen molar-refractivity contribution in [1.29, 1.82) is 0 Å². The van der Waals surface area contributed by atoms with Crippen LogP contribution in [0, 0.1) is 5.92 Å². The highest BCUT2D eigenvalue weighted by Gasteiger charge is 2.27. The molecule has 82 valence electrons. The molecule has 0 bridgehead atoms. The Balaban J connectivity index is 2.16. The number of rotatable bonds is 4. The summed E-state index contributed by atoms with van der Waals surface area (Å²) in [6.07, 6.45) is 2.22. The van der Waals surface area contributed by atoms with E-state index in [-0.39, 0.29) is 5.91 Å². The Morgan fingerprint density at radius 3 is 2.36 bits per heavy atom. The van der Waals surface area contributed by atoms with Gasteiger partial charge in [0.2, 0.25) is 5.91 Å². The molecular formula is C10H21N3O. The summed E-state index contributed by atoms with van der Waals surface area (Å²) in [5.74, 6) is 0.862. The van der Waals surface area contributed by atoms with Gasteiger partial charge in [0, 0.05) is 26.7 Å². The fraction of sp³-hybridized carbons (Fsp3) is 0.900. The number of hydrogen-bond donors (Lipinski definition) is 1. The minimum Gasteiger partial charge on any atom is -0.348 e. The van der Waals surface area contributed by atoms with Crippen LogP contribution >= 0.6 is 0 Å². The van der Waals surface area contributed by atoms with Crippen LogP contribution in [0.3, 0.4) is 0 Å². The van der Waals surface area contributed by atoms with Gasteiger partial charge >= 0.3 is 0 Å². The molecule has 0 aromatic rings. The summed E-state index contributed by atoms with van der Waals surface area (Å²) in [7, 11) is 5.57. The van der Waals surface area contributed by atoms with Crippen LogP contribution in [-0.2, 0) is 4.79 Å². The molecule has 1 aliphatic rings. The van der Waals surface area contributed by atoms with Gasteiger partial charge in [-0.05, 0) is 25.8 Å². The molecule has 0 aromatic heterocycles. The first-order valence-electron chi connectivity index (χ1n) is 5.13. The Bertz CT molecular complexity index is 200. The lowest BCUT2D eigenvalue weighted by molar-refractivity contribution is -0.129. The Morgan fingerprint density at radius 2 is 1.93 bits per heavy atom. The van der Waals surface area contributed by atoms with E-state index in [1.165, 1.54) is 0 Å². The van der Waals surface area contributed by atoms with Gasteiger partial charge in [-0.25, -0.2) is 0 Å². The van der Waals surface area contributed by atoms with Crippen molar-refractivity contribution in [3.63, 3.8) is 0 Å². The van der Waals surface area contributed by atoms with E-state index in [9.17, 15) is 4.79 Å². The van der Waals surface area contributed by atoms with Crippen LogP contribution in [0.25, 0.3) is 0 Å². The number of amides is 1. The molecule has 14 heavy (non-hydrogen) atoms. The summed E-state index contributed by atoms with van der Waals surface area (Å²) in [5.41, 5.74) is 5.70. The number of likely N-dealkylation sites (N-methyl/N-ethyl adjacent to an activating group) is 2. The maximum atomic E-state index is 11.4. The molecule has 1 aliphatic carbocycles. The number of carbonyl (C=O) groups excluding carboxylic acids is 1. The van der Waals surface area contributed by atoms with Crippen molar-refractivity contribution in [1.82, 2.24) is 9.80 Å². The molecule has 0 spiro atoms. The second-order valence-electron chi connectivity index (χ2n) is 4.58. The van der Waals surface area contributed by atoms with Gasteiger partial charge in [-0.2, -0.15) is 0 Å². The molecule has 1 amide bonds. The minimum absolute atomic E-state index is 0.163. The van der Waals surface area contributed by atoms with Gasteiger partial charge in [0.1, 0.15) is 0 Å². The van der Waals surface area contributed by atoms with E-state index in [2.05, 4.69) is 4.90 Å². The van der Waals surface area contributed by atoms with Crippen LogP contribution in [0.4, 0.5) is 0 Å². The molecule has 1 rings (SSSR count). The summed E-state index contributed by atoms with van der Waals surface area (Å²) < 4.78 is 0. The topological polar surface area (TPSA) is 49.6 Å². The van der Waals surface area contributed by atoms with Crippen molar-refractivity contribution < 1.29 is 4.79 Å². The third-order valence-corrected chi connectivity index (χ3v) is 2.75. The number of nitrogens with two attached hydrogens (primary N) is 1. The lowest BCUT2D eigenvalue weighted by Crippen LogP contribution is -2.44. The van der Waals surface area contributed by atoms with Crippen LogP contribution in [0.1, 0.15) is 12.8 Å². The summed E-state index contributed by atoms with van der Waals surface area (Å²) in [5, 5.41) is 0. The maximum Gasteiger partial charge on any atom is 0.236 e. The Hall–Kier alpha value is -0.610. The van der Waals surface area contributed by atoms with E-state index in [0.717, 1.165) is 19.4 Å². The summed E-state index contributed by atoms with van der Waals surface area (Å²) in [4.78, 5) is 15.1. The molecule has 0 radical (unpaired) electrons. The molecule has 4 heteroatoms. The minimum atomic E-state index is 0.163. The highest BCUT2D eigenvalue weighted by molar-refractivity contribution is 5.77. The zero-order valence-electron chi connectivity index (χ0n) is 9.36. The average Bonchev–Trinajstić information content (AvgIpc) is 2.01. The van der Waals surface area contributed by atoms with E-state index < -0.39 is 0 Å². The van der Waals surface area contributed by atoms with Gasteiger partial charge in [0.15, 0.2) is 0 Å². The van der Waals surface area contributed by atoms with Crippen LogP contribution in [-0.4, -0.2) is 56.0 Å². The highest BCUT2D eigenvalue weighted by atomic mass is 16.2. The molecule has 0 aromatic carbocycles. The Kier molecular flexibility index (Phi) is 3.89. The first-order chi connectivity index (χ1) is 6.49. The molecule has 0 atom stereocenters. The van der Waals surface area contributed by atoms with Crippen molar-refractivity contribution in [3.05, 3.63) is 0 Å². The third-order valence-electron chi connectivity index (χ3n) is 2.75. The van der Waals surface area contributed by atoms with E-state index in [1.54, 1.807) is 19.0 Å². The van der Waals surface area contributed by atoms with Crippen LogP contribution in [0.5, 0.6) is 0 Å². The number of nitrogens with zero attached hydrogens (tertiary/aromatic N) is 2. The fourth-order valence-corrected chi connectivity index (χ4v) is 1.81. The quantitative estimate of drug-likeness (QED) is 0.679. The second-order valence-corrected chi connectivity index (χ2v) is 4.58. The van der Waals surface area contributed by atoms with Gasteiger partial charge in [-0.1, -0.05) is 0 Å². The Morgan fingerprint density at radius 1 is 1.36 bits per heavy atom. The van der Waals surface area contributed by atoms with Crippen LogP contribution < -0.4 is 5.73 Å². The first-order valence-corrected chi connectivity index (χ1v) is 5.13. The summed E-state index contributed by atoms with van der Waals surface area (Å²) in [6, 6.07) is 0.401. The van der Waals surface area contributed by atoms with Crippen molar-refractivity contribution in [2.75, 3.05) is 34.2 Å². The third kappa shape index (κ3) is 3.27. The maximum absolute atomic E-state index is 11.4.